The maximum atomic E-state index is 9.18. The number of nitrogens with zero attached hydrogens (tertiary/aromatic N) is 5. The molecule has 18 heavy (non-hydrogen) atoms. The summed E-state index contributed by atoms with van der Waals surface area (Å²) in [7, 11) is 0. The van der Waals surface area contributed by atoms with Gasteiger partial charge in [0.1, 0.15) is 6.33 Å². The fourth-order valence-corrected chi connectivity index (χ4v) is 2.68. The third-order valence-corrected chi connectivity index (χ3v) is 3.56. The maximum Gasteiger partial charge on any atom is 0.203 e. The molecule has 1 unspecified atom stereocenters. The Hall–Kier alpha value is -1.69. The van der Waals surface area contributed by atoms with Gasteiger partial charge in [0.25, 0.3) is 0 Å². The van der Waals surface area contributed by atoms with E-state index >= 15 is 0 Å². The lowest BCUT2D eigenvalue weighted by Gasteiger charge is -2.36. The molecule has 2 aromatic heterocycles. The molecule has 1 N–H and O–H groups in total. The smallest absolute Gasteiger partial charge is 0.203 e. The van der Waals surface area contributed by atoms with Crippen molar-refractivity contribution < 1.29 is 5.11 Å². The van der Waals surface area contributed by atoms with E-state index in [1.54, 1.807) is 12.5 Å². The molecule has 1 saturated heterocycles. The molecule has 3 heterocycles. The summed E-state index contributed by atoms with van der Waals surface area (Å²) in [5.74, 6) is 0.883. The average molecular weight is 247 g/mol. The van der Waals surface area contributed by atoms with Crippen LogP contribution in [0.25, 0.3) is 5.65 Å². The summed E-state index contributed by atoms with van der Waals surface area (Å²) in [4.78, 5) is 6.72. The molecule has 1 aliphatic rings. The second kappa shape index (κ2) is 4.89. The SMILES string of the molecule is OCCC1CCCCN1c1nccn2cnnc12. The van der Waals surface area contributed by atoms with Crippen molar-refractivity contribution in [2.45, 2.75) is 31.7 Å². The minimum Gasteiger partial charge on any atom is -0.396 e. The molecular formula is C12H17N5O. The summed E-state index contributed by atoms with van der Waals surface area (Å²) < 4.78 is 1.88. The highest BCUT2D eigenvalue weighted by Crippen LogP contribution is 2.26. The van der Waals surface area contributed by atoms with Gasteiger partial charge in [0.2, 0.25) is 5.65 Å². The number of aromatic nitrogens is 4. The van der Waals surface area contributed by atoms with Gasteiger partial charge in [-0.1, -0.05) is 0 Å². The van der Waals surface area contributed by atoms with Gasteiger partial charge in [0.15, 0.2) is 5.82 Å². The van der Waals surface area contributed by atoms with Crippen molar-refractivity contribution in [3.8, 4) is 0 Å². The van der Waals surface area contributed by atoms with Gasteiger partial charge in [-0.05, 0) is 25.7 Å². The molecule has 0 radical (unpaired) electrons. The van der Waals surface area contributed by atoms with E-state index in [4.69, 9.17) is 0 Å². The van der Waals surface area contributed by atoms with Gasteiger partial charge in [-0.2, -0.15) is 0 Å². The zero-order valence-electron chi connectivity index (χ0n) is 10.2. The van der Waals surface area contributed by atoms with Crippen molar-refractivity contribution in [2.24, 2.45) is 0 Å². The Kier molecular flexibility index (Phi) is 3.10. The minimum atomic E-state index is 0.219. The number of rotatable bonds is 3. The van der Waals surface area contributed by atoms with E-state index in [2.05, 4.69) is 20.1 Å². The van der Waals surface area contributed by atoms with Gasteiger partial charge < -0.3 is 10.0 Å². The molecule has 6 heteroatoms. The lowest BCUT2D eigenvalue weighted by molar-refractivity contribution is 0.262. The summed E-state index contributed by atoms with van der Waals surface area (Å²) in [6.07, 6.45) is 9.59. The highest BCUT2D eigenvalue weighted by Gasteiger charge is 2.25. The largest absolute Gasteiger partial charge is 0.396 e. The Morgan fingerprint density at radius 2 is 2.33 bits per heavy atom. The Morgan fingerprint density at radius 1 is 1.39 bits per heavy atom. The number of fused-ring (bicyclic) bond motifs is 1. The van der Waals surface area contributed by atoms with E-state index < -0.39 is 0 Å². The van der Waals surface area contributed by atoms with Crippen LogP contribution >= 0.6 is 0 Å². The highest BCUT2D eigenvalue weighted by molar-refractivity contribution is 5.63. The summed E-state index contributed by atoms with van der Waals surface area (Å²) in [6.45, 7) is 1.20. The van der Waals surface area contributed by atoms with Crippen molar-refractivity contribution >= 4 is 11.5 Å². The second-order valence-electron chi connectivity index (χ2n) is 4.67. The number of hydrogen-bond donors (Lipinski definition) is 1. The average Bonchev–Trinajstić information content (AvgIpc) is 2.88. The van der Waals surface area contributed by atoms with E-state index in [1.807, 2.05) is 10.6 Å². The lowest BCUT2D eigenvalue weighted by atomic mass is 10.00. The molecule has 0 amide bonds. The van der Waals surface area contributed by atoms with Crippen LogP contribution in [0.5, 0.6) is 0 Å². The van der Waals surface area contributed by atoms with Crippen molar-refractivity contribution in [1.82, 2.24) is 19.6 Å². The summed E-state index contributed by atoms with van der Waals surface area (Å²) in [5, 5.41) is 17.2. The van der Waals surface area contributed by atoms with Gasteiger partial charge >= 0.3 is 0 Å². The van der Waals surface area contributed by atoms with Crippen LogP contribution in [-0.2, 0) is 0 Å². The predicted octanol–water partition coefficient (Wildman–Crippen LogP) is 0.866. The van der Waals surface area contributed by atoms with Crippen molar-refractivity contribution in [1.29, 1.82) is 0 Å². The zero-order chi connectivity index (χ0) is 12.4. The summed E-state index contributed by atoms with van der Waals surface area (Å²) in [5.41, 5.74) is 0.794. The van der Waals surface area contributed by atoms with Crippen molar-refractivity contribution in [2.75, 3.05) is 18.1 Å². The van der Waals surface area contributed by atoms with Crippen LogP contribution in [0.2, 0.25) is 0 Å². The third kappa shape index (κ3) is 1.92. The van der Waals surface area contributed by atoms with Crippen LogP contribution < -0.4 is 4.90 Å². The van der Waals surface area contributed by atoms with Gasteiger partial charge in [0, 0.05) is 31.6 Å². The van der Waals surface area contributed by atoms with Crippen LogP contribution in [0, 0.1) is 0 Å². The standard InChI is InChI=1S/C12H17N5O/c18-8-4-10-3-1-2-6-17(10)11-12-15-14-9-16(12)7-5-13-11/h5,7,9-10,18H,1-4,6,8H2. The quantitative estimate of drug-likeness (QED) is 0.871. The predicted molar refractivity (Wildman–Crippen MR) is 67.5 cm³/mol. The van der Waals surface area contributed by atoms with Crippen LogP contribution in [0.15, 0.2) is 18.7 Å². The topological polar surface area (TPSA) is 66.5 Å². The minimum absolute atomic E-state index is 0.219. The van der Waals surface area contributed by atoms with Gasteiger partial charge in [-0.3, -0.25) is 4.40 Å². The monoisotopic (exact) mass is 247 g/mol. The zero-order valence-corrected chi connectivity index (χ0v) is 10.2. The normalized spacial score (nSPS) is 20.5. The number of aliphatic hydroxyl groups is 1. The highest BCUT2D eigenvalue weighted by atomic mass is 16.3. The van der Waals surface area contributed by atoms with E-state index in [0.29, 0.717) is 6.04 Å². The molecule has 1 atom stereocenters. The Morgan fingerprint density at radius 3 is 3.22 bits per heavy atom. The molecule has 1 fully saturated rings. The Labute approximate surface area is 105 Å². The summed E-state index contributed by atoms with van der Waals surface area (Å²) >= 11 is 0. The second-order valence-corrected chi connectivity index (χ2v) is 4.67. The van der Waals surface area contributed by atoms with Crippen LogP contribution in [0.1, 0.15) is 25.7 Å². The van der Waals surface area contributed by atoms with E-state index in [9.17, 15) is 5.11 Å². The van der Waals surface area contributed by atoms with Gasteiger partial charge in [-0.25, -0.2) is 4.98 Å². The van der Waals surface area contributed by atoms with Crippen LogP contribution in [0.3, 0.4) is 0 Å². The van der Waals surface area contributed by atoms with E-state index in [1.165, 1.54) is 12.8 Å². The first-order valence-corrected chi connectivity index (χ1v) is 6.42. The van der Waals surface area contributed by atoms with Crippen LogP contribution in [-0.4, -0.2) is 43.9 Å². The Balaban J connectivity index is 1.98. The first-order valence-electron chi connectivity index (χ1n) is 6.42. The number of anilines is 1. The molecule has 6 nitrogen and oxygen atoms in total. The number of piperidine rings is 1. The first kappa shape index (κ1) is 11.4. The molecule has 0 spiro atoms. The molecular weight excluding hydrogens is 230 g/mol. The molecule has 96 valence electrons. The van der Waals surface area contributed by atoms with Crippen LogP contribution in [0.4, 0.5) is 5.82 Å². The first-order chi connectivity index (χ1) is 8.90. The molecule has 3 rings (SSSR count). The molecule has 1 aliphatic heterocycles. The molecule has 0 aliphatic carbocycles. The fourth-order valence-electron chi connectivity index (χ4n) is 2.68. The maximum absolute atomic E-state index is 9.18. The molecule has 0 aromatic carbocycles. The summed E-state index contributed by atoms with van der Waals surface area (Å²) in [6, 6.07) is 0.360. The molecule has 0 bridgehead atoms. The Bertz CT molecular complexity index is 524. The van der Waals surface area contributed by atoms with Gasteiger partial charge in [0.05, 0.1) is 0 Å². The fraction of sp³-hybridized carbons (Fsp3) is 0.583. The van der Waals surface area contributed by atoms with Crippen molar-refractivity contribution in [3.63, 3.8) is 0 Å². The van der Waals surface area contributed by atoms with E-state index in [-0.39, 0.29) is 6.61 Å². The van der Waals surface area contributed by atoms with E-state index in [0.717, 1.165) is 30.9 Å². The molecule has 2 aromatic rings. The molecule has 0 saturated carbocycles. The lowest BCUT2D eigenvalue weighted by Crippen LogP contribution is -2.41. The number of aliphatic hydroxyl groups excluding tert-OH is 1. The van der Waals surface area contributed by atoms with Gasteiger partial charge in [-0.15, -0.1) is 10.2 Å². The third-order valence-electron chi connectivity index (χ3n) is 3.56. The number of hydrogen-bond acceptors (Lipinski definition) is 5. The van der Waals surface area contributed by atoms with Crippen molar-refractivity contribution in [3.05, 3.63) is 18.7 Å².